The first kappa shape index (κ1) is 9.69. The number of ether oxygens (including phenoxy) is 1. The van der Waals surface area contributed by atoms with Crippen molar-refractivity contribution < 1.29 is 4.74 Å². The maximum atomic E-state index is 6.15. The summed E-state index contributed by atoms with van der Waals surface area (Å²) in [5.74, 6) is 0. The summed E-state index contributed by atoms with van der Waals surface area (Å²) in [5, 5.41) is 0. The molecule has 0 saturated carbocycles. The molecule has 1 aliphatic rings. The molecule has 0 bridgehead atoms. The SMILES string of the molecule is CCC[C@H]1OCc2ccccc2C1N. The maximum Gasteiger partial charge on any atom is 0.0772 e. The van der Waals surface area contributed by atoms with Crippen LogP contribution in [0.5, 0.6) is 0 Å². The topological polar surface area (TPSA) is 35.2 Å². The van der Waals surface area contributed by atoms with Gasteiger partial charge in [0.1, 0.15) is 0 Å². The highest BCUT2D eigenvalue weighted by Crippen LogP contribution is 2.29. The van der Waals surface area contributed by atoms with Crippen LogP contribution in [0.1, 0.15) is 36.9 Å². The third-order valence-electron chi connectivity index (χ3n) is 2.84. The average molecular weight is 191 g/mol. The lowest BCUT2D eigenvalue weighted by Crippen LogP contribution is -2.33. The van der Waals surface area contributed by atoms with Crippen molar-refractivity contribution in [1.82, 2.24) is 0 Å². The van der Waals surface area contributed by atoms with Crippen LogP contribution in [0, 0.1) is 0 Å². The maximum absolute atomic E-state index is 6.15. The Labute approximate surface area is 85.1 Å². The molecule has 1 aromatic carbocycles. The van der Waals surface area contributed by atoms with Crippen LogP contribution in [0.25, 0.3) is 0 Å². The Morgan fingerprint density at radius 1 is 1.43 bits per heavy atom. The van der Waals surface area contributed by atoms with Gasteiger partial charge in [0.2, 0.25) is 0 Å². The molecule has 0 fully saturated rings. The predicted molar refractivity (Wildman–Crippen MR) is 56.9 cm³/mol. The van der Waals surface area contributed by atoms with Crippen molar-refractivity contribution >= 4 is 0 Å². The van der Waals surface area contributed by atoms with Crippen LogP contribution in [0.4, 0.5) is 0 Å². The fourth-order valence-corrected chi connectivity index (χ4v) is 2.04. The minimum absolute atomic E-state index is 0.0555. The first-order valence-electron chi connectivity index (χ1n) is 5.28. The fourth-order valence-electron chi connectivity index (χ4n) is 2.04. The van der Waals surface area contributed by atoms with Crippen LogP contribution < -0.4 is 5.73 Å². The molecule has 1 aromatic rings. The van der Waals surface area contributed by atoms with Gasteiger partial charge < -0.3 is 10.5 Å². The van der Waals surface area contributed by atoms with Crippen molar-refractivity contribution in [2.75, 3.05) is 0 Å². The Balaban J connectivity index is 2.22. The van der Waals surface area contributed by atoms with Crippen LogP contribution >= 0.6 is 0 Å². The Kier molecular flexibility index (Phi) is 2.85. The molecule has 76 valence electrons. The van der Waals surface area contributed by atoms with E-state index in [1.54, 1.807) is 0 Å². The summed E-state index contributed by atoms with van der Waals surface area (Å²) >= 11 is 0. The number of hydrogen-bond acceptors (Lipinski definition) is 2. The zero-order valence-corrected chi connectivity index (χ0v) is 8.57. The van der Waals surface area contributed by atoms with Gasteiger partial charge in [-0.25, -0.2) is 0 Å². The van der Waals surface area contributed by atoms with Gasteiger partial charge >= 0.3 is 0 Å². The lowest BCUT2D eigenvalue weighted by atomic mass is 9.92. The van der Waals surface area contributed by atoms with E-state index in [-0.39, 0.29) is 12.1 Å². The van der Waals surface area contributed by atoms with Gasteiger partial charge in [-0.3, -0.25) is 0 Å². The Morgan fingerprint density at radius 3 is 3.00 bits per heavy atom. The summed E-state index contributed by atoms with van der Waals surface area (Å²) in [6.45, 7) is 2.88. The van der Waals surface area contributed by atoms with Crippen LogP contribution in [0.3, 0.4) is 0 Å². The largest absolute Gasteiger partial charge is 0.372 e. The Hall–Kier alpha value is -0.860. The lowest BCUT2D eigenvalue weighted by Gasteiger charge is -2.31. The molecule has 0 radical (unpaired) electrons. The van der Waals surface area contributed by atoms with Crippen molar-refractivity contribution in [3.8, 4) is 0 Å². The van der Waals surface area contributed by atoms with Gasteiger partial charge in [0.15, 0.2) is 0 Å². The average Bonchev–Trinajstić information content (AvgIpc) is 2.23. The molecule has 0 aromatic heterocycles. The van der Waals surface area contributed by atoms with Gasteiger partial charge in [-0.05, 0) is 17.5 Å². The zero-order chi connectivity index (χ0) is 9.97. The Morgan fingerprint density at radius 2 is 2.21 bits per heavy atom. The van der Waals surface area contributed by atoms with Crippen LogP contribution in [-0.2, 0) is 11.3 Å². The van der Waals surface area contributed by atoms with E-state index in [2.05, 4.69) is 19.1 Å². The lowest BCUT2D eigenvalue weighted by molar-refractivity contribution is 0.00338. The van der Waals surface area contributed by atoms with Crippen LogP contribution in [0.15, 0.2) is 24.3 Å². The van der Waals surface area contributed by atoms with Gasteiger partial charge in [-0.15, -0.1) is 0 Å². The van der Waals surface area contributed by atoms with Gasteiger partial charge in [0.05, 0.1) is 18.8 Å². The molecule has 2 rings (SSSR count). The summed E-state index contributed by atoms with van der Waals surface area (Å²) in [5.41, 5.74) is 8.66. The molecule has 0 amide bonds. The number of hydrogen-bond donors (Lipinski definition) is 1. The van der Waals surface area contributed by atoms with E-state index in [0.29, 0.717) is 6.61 Å². The second-order valence-electron chi connectivity index (χ2n) is 3.86. The molecule has 0 spiro atoms. The monoisotopic (exact) mass is 191 g/mol. The van der Waals surface area contributed by atoms with Gasteiger partial charge in [0, 0.05) is 0 Å². The first-order valence-corrected chi connectivity index (χ1v) is 5.28. The molecule has 2 heteroatoms. The van der Waals surface area contributed by atoms with Crippen molar-refractivity contribution in [1.29, 1.82) is 0 Å². The minimum Gasteiger partial charge on any atom is -0.372 e. The molecule has 2 atom stereocenters. The molecule has 2 nitrogen and oxygen atoms in total. The van der Waals surface area contributed by atoms with E-state index in [0.717, 1.165) is 12.8 Å². The van der Waals surface area contributed by atoms with E-state index in [9.17, 15) is 0 Å². The third-order valence-corrected chi connectivity index (χ3v) is 2.84. The summed E-state index contributed by atoms with van der Waals surface area (Å²) in [4.78, 5) is 0. The molecule has 1 unspecified atom stereocenters. The van der Waals surface area contributed by atoms with E-state index < -0.39 is 0 Å². The van der Waals surface area contributed by atoms with E-state index >= 15 is 0 Å². The molecular weight excluding hydrogens is 174 g/mol. The summed E-state index contributed by atoms with van der Waals surface area (Å²) in [6, 6.07) is 8.35. The van der Waals surface area contributed by atoms with Gasteiger partial charge in [0.25, 0.3) is 0 Å². The molecule has 1 aliphatic heterocycles. The van der Waals surface area contributed by atoms with Gasteiger partial charge in [-0.1, -0.05) is 37.6 Å². The molecule has 0 saturated heterocycles. The second-order valence-corrected chi connectivity index (χ2v) is 3.86. The molecular formula is C12H17NO. The van der Waals surface area contributed by atoms with Crippen molar-refractivity contribution in [2.24, 2.45) is 5.73 Å². The normalized spacial score (nSPS) is 25.9. The zero-order valence-electron chi connectivity index (χ0n) is 8.57. The third kappa shape index (κ3) is 1.68. The minimum atomic E-state index is 0.0555. The van der Waals surface area contributed by atoms with Crippen molar-refractivity contribution in [3.05, 3.63) is 35.4 Å². The quantitative estimate of drug-likeness (QED) is 0.779. The van der Waals surface area contributed by atoms with E-state index in [4.69, 9.17) is 10.5 Å². The number of nitrogens with two attached hydrogens (primary N) is 1. The number of benzene rings is 1. The second kappa shape index (κ2) is 4.11. The highest BCUT2D eigenvalue weighted by atomic mass is 16.5. The standard InChI is InChI=1S/C12H17NO/c1-2-5-11-12(13)10-7-4-3-6-9(10)8-14-11/h3-4,6-7,11-12H,2,5,8,13H2,1H3/t11-,12?/m1/s1. The number of fused-ring (bicyclic) bond motifs is 1. The highest BCUT2D eigenvalue weighted by Gasteiger charge is 2.25. The Bertz CT molecular complexity index is 311. The van der Waals surface area contributed by atoms with Crippen molar-refractivity contribution in [2.45, 2.75) is 38.5 Å². The van der Waals surface area contributed by atoms with E-state index in [1.807, 2.05) is 12.1 Å². The van der Waals surface area contributed by atoms with Crippen LogP contribution in [-0.4, -0.2) is 6.10 Å². The first-order chi connectivity index (χ1) is 6.83. The van der Waals surface area contributed by atoms with Crippen LogP contribution in [0.2, 0.25) is 0 Å². The predicted octanol–water partition coefficient (Wildman–Crippen LogP) is 2.39. The van der Waals surface area contributed by atoms with Gasteiger partial charge in [-0.2, -0.15) is 0 Å². The fraction of sp³-hybridized carbons (Fsp3) is 0.500. The molecule has 1 heterocycles. The summed E-state index contributed by atoms with van der Waals surface area (Å²) in [7, 11) is 0. The number of rotatable bonds is 2. The molecule has 2 N–H and O–H groups in total. The smallest absolute Gasteiger partial charge is 0.0772 e. The molecule has 0 aliphatic carbocycles. The summed E-state index contributed by atoms with van der Waals surface area (Å²) < 4.78 is 5.73. The van der Waals surface area contributed by atoms with E-state index in [1.165, 1.54) is 11.1 Å². The summed E-state index contributed by atoms with van der Waals surface area (Å²) in [6.07, 6.45) is 2.38. The van der Waals surface area contributed by atoms with Crippen molar-refractivity contribution in [3.63, 3.8) is 0 Å². The highest BCUT2D eigenvalue weighted by molar-refractivity contribution is 5.31. The molecule has 14 heavy (non-hydrogen) atoms.